The number of hydrogen-bond acceptors (Lipinski definition) is 2. The van der Waals surface area contributed by atoms with E-state index in [0.29, 0.717) is 23.9 Å². The molecular formula is C20H28N2O2. The first-order chi connectivity index (χ1) is 11.7. The molecular weight excluding hydrogens is 300 g/mol. The van der Waals surface area contributed by atoms with Crippen LogP contribution in [0.3, 0.4) is 0 Å². The van der Waals surface area contributed by atoms with Crippen LogP contribution in [0, 0.1) is 5.92 Å². The van der Waals surface area contributed by atoms with Crippen LogP contribution >= 0.6 is 0 Å². The van der Waals surface area contributed by atoms with Crippen LogP contribution in [0.5, 0.6) is 0 Å². The highest BCUT2D eigenvalue weighted by molar-refractivity contribution is 5.99. The first-order valence-corrected chi connectivity index (χ1v) is 9.40. The van der Waals surface area contributed by atoms with Crippen LogP contribution < -0.4 is 10.2 Å². The van der Waals surface area contributed by atoms with Gasteiger partial charge in [-0.2, -0.15) is 0 Å². The Hall–Kier alpha value is -1.84. The van der Waals surface area contributed by atoms with E-state index in [1.54, 1.807) is 4.90 Å². The first kappa shape index (κ1) is 17.0. The highest BCUT2D eigenvalue weighted by atomic mass is 16.2. The number of hydrogen-bond donors (Lipinski definition) is 1. The van der Waals surface area contributed by atoms with Crippen molar-refractivity contribution in [1.82, 2.24) is 5.32 Å². The summed E-state index contributed by atoms with van der Waals surface area (Å²) >= 11 is 0. The summed E-state index contributed by atoms with van der Waals surface area (Å²) in [6.45, 7) is 2.97. The van der Waals surface area contributed by atoms with Gasteiger partial charge in [-0.15, -0.1) is 0 Å². The zero-order valence-electron chi connectivity index (χ0n) is 14.6. The third kappa shape index (κ3) is 3.80. The number of nitrogens with one attached hydrogen (secondary N) is 1. The fourth-order valence-electron chi connectivity index (χ4n) is 4.03. The molecule has 2 aliphatic rings. The van der Waals surface area contributed by atoms with Gasteiger partial charge in [0.25, 0.3) is 5.91 Å². The van der Waals surface area contributed by atoms with Gasteiger partial charge in [-0.25, -0.2) is 0 Å². The number of carbonyl (C=O) groups excluding carboxylic acids is 2. The number of nitrogens with zero attached hydrogens (tertiary/aromatic N) is 1. The second kappa shape index (κ2) is 7.82. The van der Waals surface area contributed by atoms with Crippen molar-refractivity contribution in [3.05, 3.63) is 29.8 Å². The Kier molecular flexibility index (Phi) is 5.54. The van der Waals surface area contributed by atoms with Crippen LogP contribution in [0.4, 0.5) is 5.69 Å². The molecule has 1 aromatic carbocycles. The van der Waals surface area contributed by atoms with Crippen molar-refractivity contribution in [3.63, 3.8) is 0 Å². The van der Waals surface area contributed by atoms with E-state index in [1.807, 2.05) is 24.3 Å². The zero-order chi connectivity index (χ0) is 16.9. The van der Waals surface area contributed by atoms with E-state index in [4.69, 9.17) is 0 Å². The van der Waals surface area contributed by atoms with Gasteiger partial charge >= 0.3 is 0 Å². The van der Waals surface area contributed by atoms with Gasteiger partial charge in [0.05, 0.1) is 0 Å². The maximum absolute atomic E-state index is 12.7. The van der Waals surface area contributed by atoms with Gasteiger partial charge in [-0.1, -0.05) is 32.3 Å². The van der Waals surface area contributed by atoms with Crippen molar-refractivity contribution in [2.24, 2.45) is 5.92 Å². The molecule has 4 heteroatoms. The SMILES string of the molecule is CCCCC1CCCC1NC(=O)c1cccc(N2CCCC2=O)c1. The fraction of sp³-hybridized carbons (Fsp3) is 0.600. The summed E-state index contributed by atoms with van der Waals surface area (Å²) in [5.41, 5.74) is 1.51. The van der Waals surface area contributed by atoms with Crippen molar-refractivity contribution >= 4 is 17.5 Å². The minimum absolute atomic E-state index is 0.00288. The Morgan fingerprint density at radius 3 is 2.92 bits per heavy atom. The second-order valence-corrected chi connectivity index (χ2v) is 7.11. The molecule has 24 heavy (non-hydrogen) atoms. The Morgan fingerprint density at radius 1 is 1.29 bits per heavy atom. The molecule has 2 atom stereocenters. The maximum Gasteiger partial charge on any atom is 0.251 e. The van der Waals surface area contributed by atoms with E-state index in [9.17, 15) is 9.59 Å². The van der Waals surface area contributed by atoms with Crippen LogP contribution in [0.15, 0.2) is 24.3 Å². The highest BCUT2D eigenvalue weighted by Crippen LogP contribution is 2.30. The van der Waals surface area contributed by atoms with Gasteiger partial charge in [0.2, 0.25) is 5.91 Å². The smallest absolute Gasteiger partial charge is 0.251 e. The lowest BCUT2D eigenvalue weighted by Crippen LogP contribution is -2.37. The molecule has 1 saturated carbocycles. The van der Waals surface area contributed by atoms with Crippen LogP contribution in [0.2, 0.25) is 0 Å². The van der Waals surface area contributed by atoms with E-state index in [0.717, 1.165) is 25.1 Å². The molecule has 1 aliphatic carbocycles. The summed E-state index contributed by atoms with van der Waals surface area (Å²) in [5.74, 6) is 0.775. The fourth-order valence-corrected chi connectivity index (χ4v) is 4.03. The van der Waals surface area contributed by atoms with Gasteiger partial charge in [0.1, 0.15) is 0 Å². The van der Waals surface area contributed by atoms with Crippen molar-refractivity contribution in [2.45, 2.75) is 64.3 Å². The van der Waals surface area contributed by atoms with Gasteiger partial charge in [0.15, 0.2) is 0 Å². The average molecular weight is 328 g/mol. The maximum atomic E-state index is 12.7. The summed E-state index contributed by atoms with van der Waals surface area (Å²) in [5, 5.41) is 3.24. The second-order valence-electron chi connectivity index (χ2n) is 7.11. The van der Waals surface area contributed by atoms with Crippen LogP contribution in [0.25, 0.3) is 0 Å². The summed E-state index contributed by atoms with van der Waals surface area (Å²) < 4.78 is 0. The third-order valence-corrected chi connectivity index (χ3v) is 5.40. The quantitative estimate of drug-likeness (QED) is 0.861. The number of unbranched alkanes of at least 4 members (excludes halogenated alkanes) is 1. The molecule has 0 radical (unpaired) electrons. The largest absolute Gasteiger partial charge is 0.349 e. The van der Waals surface area contributed by atoms with Gasteiger partial charge < -0.3 is 10.2 Å². The van der Waals surface area contributed by atoms with Gasteiger partial charge in [-0.05, 0) is 49.8 Å². The van der Waals surface area contributed by atoms with Crippen LogP contribution in [0.1, 0.15) is 68.6 Å². The van der Waals surface area contributed by atoms with E-state index < -0.39 is 0 Å². The van der Waals surface area contributed by atoms with Crippen molar-refractivity contribution < 1.29 is 9.59 Å². The Morgan fingerprint density at radius 2 is 2.17 bits per heavy atom. The molecule has 130 valence electrons. The summed E-state index contributed by atoms with van der Waals surface area (Å²) in [4.78, 5) is 26.3. The normalized spacial score (nSPS) is 23.7. The van der Waals surface area contributed by atoms with E-state index in [1.165, 1.54) is 32.1 Å². The summed E-state index contributed by atoms with van der Waals surface area (Å²) in [6, 6.07) is 7.80. The Bertz CT molecular complexity index is 599. The molecule has 2 unspecified atom stereocenters. The zero-order valence-corrected chi connectivity index (χ0v) is 14.6. The Balaban J connectivity index is 1.65. The average Bonchev–Trinajstić information content (AvgIpc) is 3.22. The molecule has 0 bridgehead atoms. The molecule has 2 fully saturated rings. The van der Waals surface area contributed by atoms with E-state index in [2.05, 4.69) is 12.2 Å². The lowest BCUT2D eigenvalue weighted by Gasteiger charge is -2.21. The standard InChI is InChI=1S/C20H28N2O2/c1-2-3-7-15-8-5-11-18(15)21-20(24)16-9-4-10-17(14-16)22-13-6-12-19(22)23/h4,9-10,14-15,18H,2-3,5-8,11-13H2,1H3,(H,21,24). The van der Waals surface area contributed by atoms with Gasteiger partial charge in [-0.3, -0.25) is 9.59 Å². The Labute approximate surface area is 144 Å². The molecule has 0 spiro atoms. The monoisotopic (exact) mass is 328 g/mol. The summed E-state index contributed by atoms with van der Waals surface area (Å²) in [7, 11) is 0. The van der Waals surface area contributed by atoms with E-state index in [-0.39, 0.29) is 11.8 Å². The molecule has 1 saturated heterocycles. The van der Waals surface area contributed by atoms with Gasteiger partial charge in [0, 0.05) is 30.3 Å². The molecule has 1 N–H and O–H groups in total. The highest BCUT2D eigenvalue weighted by Gasteiger charge is 2.28. The van der Waals surface area contributed by atoms with Crippen molar-refractivity contribution in [2.75, 3.05) is 11.4 Å². The van der Waals surface area contributed by atoms with Crippen LogP contribution in [-0.2, 0) is 4.79 Å². The summed E-state index contributed by atoms with van der Waals surface area (Å²) in [6.07, 6.45) is 8.70. The predicted molar refractivity (Wildman–Crippen MR) is 96.1 cm³/mol. The minimum atomic E-state index is -0.00288. The molecule has 1 aromatic rings. The van der Waals surface area contributed by atoms with Crippen molar-refractivity contribution in [3.8, 4) is 0 Å². The predicted octanol–water partition coefficient (Wildman–Crippen LogP) is 3.90. The first-order valence-electron chi connectivity index (χ1n) is 9.40. The lowest BCUT2D eigenvalue weighted by molar-refractivity contribution is -0.117. The van der Waals surface area contributed by atoms with E-state index >= 15 is 0 Å². The number of carbonyl (C=O) groups is 2. The topological polar surface area (TPSA) is 49.4 Å². The number of anilines is 1. The molecule has 4 nitrogen and oxygen atoms in total. The van der Waals surface area contributed by atoms with Crippen LogP contribution in [-0.4, -0.2) is 24.4 Å². The molecule has 3 rings (SSSR count). The molecule has 2 amide bonds. The third-order valence-electron chi connectivity index (χ3n) is 5.40. The number of amides is 2. The minimum Gasteiger partial charge on any atom is -0.349 e. The molecule has 1 heterocycles. The molecule has 1 aliphatic heterocycles. The number of rotatable bonds is 6. The lowest BCUT2D eigenvalue weighted by atomic mass is 9.96. The van der Waals surface area contributed by atoms with Crippen molar-refractivity contribution in [1.29, 1.82) is 0 Å². The molecule has 0 aromatic heterocycles. The number of benzene rings is 1.